The molecule has 0 fully saturated rings. The Labute approximate surface area is 201 Å². The molecule has 1 heterocycles. The highest BCUT2D eigenvalue weighted by molar-refractivity contribution is 9.10. The zero-order chi connectivity index (χ0) is 23.8. The molecule has 0 unspecified atom stereocenters. The topological polar surface area (TPSA) is 95.1 Å². The number of carbonyl (C=O) groups is 2. The highest BCUT2D eigenvalue weighted by Gasteiger charge is 2.32. The SMILES string of the molecule is CCOc1cc([C@@H]2NC(=O)NC(C)=C2C(=O)OCCOC)ccc1OCc1ccc(Br)cc1. The van der Waals surface area contributed by atoms with Gasteiger partial charge in [0.1, 0.15) is 13.2 Å². The molecule has 2 aromatic rings. The Morgan fingerprint density at radius 3 is 2.52 bits per heavy atom. The van der Waals surface area contributed by atoms with Crippen LogP contribution >= 0.6 is 15.9 Å². The van der Waals surface area contributed by atoms with Crippen molar-refractivity contribution in [1.29, 1.82) is 0 Å². The van der Waals surface area contributed by atoms with Gasteiger partial charge in [-0.2, -0.15) is 0 Å². The summed E-state index contributed by atoms with van der Waals surface area (Å²) in [6.07, 6.45) is 0. The summed E-state index contributed by atoms with van der Waals surface area (Å²) in [5, 5.41) is 5.43. The van der Waals surface area contributed by atoms with Crippen molar-refractivity contribution < 1.29 is 28.5 Å². The van der Waals surface area contributed by atoms with Crippen molar-refractivity contribution in [3.05, 3.63) is 69.3 Å². The fourth-order valence-electron chi connectivity index (χ4n) is 3.34. The first-order valence-corrected chi connectivity index (χ1v) is 11.3. The van der Waals surface area contributed by atoms with Gasteiger partial charge in [0.15, 0.2) is 11.5 Å². The molecule has 0 spiro atoms. The van der Waals surface area contributed by atoms with E-state index in [0.29, 0.717) is 41.5 Å². The number of hydrogen-bond donors (Lipinski definition) is 2. The maximum absolute atomic E-state index is 12.7. The van der Waals surface area contributed by atoms with Gasteiger partial charge in [0.25, 0.3) is 0 Å². The predicted octanol–water partition coefficient (Wildman–Crippen LogP) is 4.24. The van der Waals surface area contributed by atoms with Crippen LogP contribution in [-0.2, 0) is 20.9 Å². The smallest absolute Gasteiger partial charge is 0.338 e. The van der Waals surface area contributed by atoms with E-state index < -0.39 is 18.0 Å². The van der Waals surface area contributed by atoms with Crippen LogP contribution in [0.3, 0.4) is 0 Å². The van der Waals surface area contributed by atoms with Crippen molar-refractivity contribution in [2.24, 2.45) is 0 Å². The third-order valence-electron chi connectivity index (χ3n) is 4.92. The second-order valence-corrected chi connectivity index (χ2v) is 8.17. The number of benzene rings is 2. The van der Waals surface area contributed by atoms with Crippen molar-refractivity contribution in [3.63, 3.8) is 0 Å². The minimum Gasteiger partial charge on any atom is -0.490 e. The van der Waals surface area contributed by atoms with E-state index in [4.69, 9.17) is 18.9 Å². The summed E-state index contributed by atoms with van der Waals surface area (Å²) >= 11 is 3.42. The molecule has 0 saturated carbocycles. The Morgan fingerprint density at radius 2 is 1.82 bits per heavy atom. The normalized spacial score (nSPS) is 15.5. The molecule has 2 aromatic carbocycles. The number of halogens is 1. The van der Waals surface area contributed by atoms with Gasteiger partial charge in [-0.25, -0.2) is 9.59 Å². The lowest BCUT2D eigenvalue weighted by atomic mass is 9.95. The summed E-state index contributed by atoms with van der Waals surface area (Å²) in [7, 11) is 1.53. The van der Waals surface area contributed by atoms with Gasteiger partial charge in [-0.15, -0.1) is 0 Å². The minimum atomic E-state index is -0.700. The van der Waals surface area contributed by atoms with Crippen LogP contribution in [0.1, 0.15) is 31.0 Å². The molecular weight excluding hydrogens is 492 g/mol. The van der Waals surface area contributed by atoms with Crippen molar-refractivity contribution in [3.8, 4) is 11.5 Å². The minimum absolute atomic E-state index is 0.111. The molecule has 0 aliphatic carbocycles. The van der Waals surface area contributed by atoms with Crippen molar-refractivity contribution in [2.45, 2.75) is 26.5 Å². The highest BCUT2D eigenvalue weighted by atomic mass is 79.9. The van der Waals surface area contributed by atoms with Crippen LogP contribution in [0.15, 0.2) is 58.2 Å². The molecule has 9 heteroatoms. The molecule has 176 valence electrons. The molecule has 1 aliphatic heterocycles. The van der Waals surface area contributed by atoms with E-state index in [-0.39, 0.29) is 13.2 Å². The second-order valence-electron chi connectivity index (χ2n) is 7.25. The van der Waals surface area contributed by atoms with Gasteiger partial charge in [-0.05, 0) is 49.2 Å². The molecule has 2 amide bonds. The average Bonchev–Trinajstić information content (AvgIpc) is 2.79. The monoisotopic (exact) mass is 518 g/mol. The maximum atomic E-state index is 12.7. The van der Waals surface area contributed by atoms with Gasteiger partial charge in [-0.3, -0.25) is 0 Å². The number of methoxy groups -OCH3 is 1. The fourth-order valence-corrected chi connectivity index (χ4v) is 3.61. The van der Waals surface area contributed by atoms with Crippen LogP contribution < -0.4 is 20.1 Å². The van der Waals surface area contributed by atoms with Crippen LogP contribution in [0.4, 0.5) is 4.79 Å². The first-order valence-electron chi connectivity index (χ1n) is 10.5. The van der Waals surface area contributed by atoms with Gasteiger partial charge in [0.2, 0.25) is 0 Å². The fraction of sp³-hybridized carbons (Fsp3) is 0.333. The maximum Gasteiger partial charge on any atom is 0.338 e. The van der Waals surface area contributed by atoms with Gasteiger partial charge < -0.3 is 29.6 Å². The summed E-state index contributed by atoms with van der Waals surface area (Å²) in [6, 6.07) is 12.1. The standard InChI is InChI=1S/C24H27BrN2O6/c1-4-31-20-13-17(7-10-19(20)33-14-16-5-8-18(25)9-6-16)22-21(15(2)26-24(29)27-22)23(28)32-12-11-30-3/h5-10,13,22H,4,11-12,14H2,1-3H3,(H2,26,27,29)/t22-/m0/s1. The number of hydrogen-bond acceptors (Lipinski definition) is 6. The lowest BCUT2D eigenvalue weighted by Gasteiger charge is -2.28. The Bertz CT molecular complexity index is 1020. The molecule has 0 bridgehead atoms. The predicted molar refractivity (Wildman–Crippen MR) is 126 cm³/mol. The van der Waals surface area contributed by atoms with E-state index >= 15 is 0 Å². The Balaban J connectivity index is 1.85. The molecule has 8 nitrogen and oxygen atoms in total. The van der Waals surface area contributed by atoms with Gasteiger partial charge in [0, 0.05) is 17.3 Å². The van der Waals surface area contributed by atoms with Gasteiger partial charge >= 0.3 is 12.0 Å². The molecule has 1 atom stereocenters. The average molecular weight is 519 g/mol. The number of urea groups is 1. The van der Waals surface area contributed by atoms with E-state index in [2.05, 4.69) is 26.6 Å². The second kappa shape index (κ2) is 11.7. The molecule has 1 aliphatic rings. The molecule has 33 heavy (non-hydrogen) atoms. The first kappa shape index (κ1) is 24.6. The molecule has 0 saturated heterocycles. The van der Waals surface area contributed by atoms with Crippen molar-refractivity contribution in [2.75, 3.05) is 26.9 Å². The van der Waals surface area contributed by atoms with Gasteiger partial charge in [-0.1, -0.05) is 34.1 Å². The summed E-state index contributed by atoms with van der Waals surface area (Å²) in [6.45, 7) is 4.73. The van der Waals surface area contributed by atoms with E-state index in [1.54, 1.807) is 25.1 Å². The van der Waals surface area contributed by atoms with E-state index in [1.807, 2.05) is 31.2 Å². The van der Waals surface area contributed by atoms with Crippen LogP contribution in [0.2, 0.25) is 0 Å². The number of carbonyl (C=O) groups excluding carboxylic acids is 2. The van der Waals surface area contributed by atoms with Gasteiger partial charge in [0.05, 0.1) is 24.8 Å². The molecule has 2 N–H and O–H groups in total. The Hall–Kier alpha value is -3.04. The number of allylic oxidation sites excluding steroid dienone is 1. The summed E-state index contributed by atoms with van der Waals surface area (Å²) < 4.78 is 23.0. The quantitative estimate of drug-likeness (QED) is 0.360. The lowest BCUT2D eigenvalue weighted by molar-refractivity contribution is -0.140. The van der Waals surface area contributed by atoms with Crippen molar-refractivity contribution >= 4 is 27.9 Å². The van der Waals surface area contributed by atoms with E-state index in [0.717, 1.165) is 10.0 Å². The third kappa shape index (κ3) is 6.49. The van der Waals surface area contributed by atoms with E-state index in [1.165, 1.54) is 7.11 Å². The van der Waals surface area contributed by atoms with Crippen LogP contribution in [0, 0.1) is 0 Å². The molecule has 0 radical (unpaired) electrons. The zero-order valence-corrected chi connectivity index (χ0v) is 20.4. The summed E-state index contributed by atoms with van der Waals surface area (Å²) in [4.78, 5) is 24.9. The molecular formula is C24H27BrN2O6. The number of esters is 1. The van der Waals surface area contributed by atoms with Crippen molar-refractivity contribution in [1.82, 2.24) is 10.6 Å². The Kier molecular flexibility index (Phi) is 8.73. The summed E-state index contributed by atoms with van der Waals surface area (Å²) in [5.74, 6) is 0.550. The van der Waals surface area contributed by atoms with Crippen LogP contribution in [0.25, 0.3) is 0 Å². The van der Waals surface area contributed by atoms with E-state index in [9.17, 15) is 9.59 Å². The third-order valence-corrected chi connectivity index (χ3v) is 5.45. The Morgan fingerprint density at radius 1 is 1.06 bits per heavy atom. The number of ether oxygens (including phenoxy) is 4. The highest BCUT2D eigenvalue weighted by Crippen LogP contribution is 2.35. The first-order chi connectivity index (χ1) is 15.9. The largest absolute Gasteiger partial charge is 0.490 e. The van der Waals surface area contributed by atoms with Crippen LogP contribution in [-0.4, -0.2) is 38.9 Å². The number of nitrogens with one attached hydrogen (secondary N) is 2. The summed E-state index contributed by atoms with van der Waals surface area (Å²) in [5.41, 5.74) is 2.42. The number of amides is 2. The lowest BCUT2D eigenvalue weighted by Crippen LogP contribution is -2.45. The van der Waals surface area contributed by atoms with Crippen LogP contribution in [0.5, 0.6) is 11.5 Å². The zero-order valence-electron chi connectivity index (χ0n) is 18.8. The molecule has 0 aromatic heterocycles. The number of rotatable bonds is 10. The molecule has 3 rings (SSSR count).